The summed E-state index contributed by atoms with van der Waals surface area (Å²) in [5, 5.41) is 1.09. The number of ether oxygens (including phenoxy) is 2. The van der Waals surface area contributed by atoms with E-state index in [9.17, 15) is 0 Å². The number of hydrogen-bond acceptors (Lipinski definition) is 4. The van der Waals surface area contributed by atoms with Gasteiger partial charge in [0.2, 0.25) is 0 Å². The van der Waals surface area contributed by atoms with Crippen LogP contribution < -0.4 is 9.64 Å². The third-order valence-corrected chi connectivity index (χ3v) is 4.83. The maximum atomic E-state index is 5.93. The van der Waals surface area contributed by atoms with Crippen molar-refractivity contribution in [2.24, 2.45) is 0 Å². The van der Waals surface area contributed by atoms with Gasteiger partial charge < -0.3 is 14.4 Å². The van der Waals surface area contributed by atoms with Gasteiger partial charge in [-0.25, -0.2) is 4.98 Å². The summed E-state index contributed by atoms with van der Waals surface area (Å²) in [4.78, 5) is 7.22. The number of anilines is 1. The maximum Gasteiger partial charge on any atom is 0.129 e. The van der Waals surface area contributed by atoms with Crippen LogP contribution in [0.5, 0.6) is 5.75 Å². The zero-order chi connectivity index (χ0) is 17.9. The zero-order valence-corrected chi connectivity index (χ0v) is 15.3. The van der Waals surface area contributed by atoms with Crippen LogP contribution in [0.2, 0.25) is 0 Å². The lowest BCUT2D eigenvalue weighted by Crippen LogP contribution is -2.50. The van der Waals surface area contributed by atoms with Gasteiger partial charge in [-0.15, -0.1) is 0 Å². The minimum atomic E-state index is 0.331. The van der Waals surface area contributed by atoms with Gasteiger partial charge in [-0.2, -0.15) is 0 Å². The second kappa shape index (κ2) is 7.34. The van der Waals surface area contributed by atoms with E-state index in [4.69, 9.17) is 14.5 Å². The predicted molar refractivity (Wildman–Crippen MR) is 105 cm³/mol. The van der Waals surface area contributed by atoms with Crippen molar-refractivity contribution in [2.75, 3.05) is 18.1 Å². The molecule has 1 aliphatic heterocycles. The van der Waals surface area contributed by atoms with Crippen LogP contribution in [-0.4, -0.2) is 30.3 Å². The number of aromatic nitrogens is 1. The van der Waals surface area contributed by atoms with Crippen molar-refractivity contribution >= 4 is 16.7 Å². The number of benzene rings is 2. The van der Waals surface area contributed by atoms with E-state index in [2.05, 4.69) is 49.1 Å². The van der Waals surface area contributed by atoms with Crippen molar-refractivity contribution in [3.63, 3.8) is 0 Å². The number of hydrogen-bond donors (Lipinski definition) is 0. The van der Waals surface area contributed by atoms with E-state index >= 15 is 0 Å². The standard InChI is InChI=1S/C22H24N2O2/c1-16-13-25-14-17(2)24(16)22-11-8-19-12-20(9-10-21(19)23-22)26-15-18-6-4-3-5-7-18/h3-12,16-17H,13-15H2,1-2H3. The molecule has 0 saturated carbocycles. The molecule has 1 aliphatic rings. The van der Waals surface area contributed by atoms with Crippen LogP contribution >= 0.6 is 0 Å². The molecule has 0 amide bonds. The molecule has 4 heteroatoms. The number of pyridine rings is 1. The molecule has 2 atom stereocenters. The van der Waals surface area contributed by atoms with Crippen LogP contribution in [0.15, 0.2) is 60.7 Å². The molecule has 4 rings (SSSR count). The van der Waals surface area contributed by atoms with Gasteiger partial charge in [-0.1, -0.05) is 30.3 Å². The Balaban J connectivity index is 1.54. The summed E-state index contributed by atoms with van der Waals surface area (Å²) >= 11 is 0. The van der Waals surface area contributed by atoms with Gasteiger partial charge >= 0.3 is 0 Å². The van der Waals surface area contributed by atoms with Crippen molar-refractivity contribution in [2.45, 2.75) is 32.5 Å². The second-order valence-corrected chi connectivity index (χ2v) is 6.94. The fraction of sp³-hybridized carbons (Fsp3) is 0.318. The predicted octanol–water partition coefficient (Wildman–Crippen LogP) is 4.43. The van der Waals surface area contributed by atoms with Gasteiger partial charge in [0, 0.05) is 5.39 Å². The van der Waals surface area contributed by atoms with Gasteiger partial charge in [0.25, 0.3) is 0 Å². The topological polar surface area (TPSA) is 34.6 Å². The fourth-order valence-electron chi connectivity index (χ4n) is 3.52. The molecular weight excluding hydrogens is 324 g/mol. The van der Waals surface area contributed by atoms with Crippen molar-refractivity contribution in [3.05, 3.63) is 66.2 Å². The Morgan fingerprint density at radius 3 is 2.54 bits per heavy atom. The van der Waals surface area contributed by atoms with Gasteiger partial charge in [0.15, 0.2) is 0 Å². The molecule has 134 valence electrons. The van der Waals surface area contributed by atoms with Gasteiger partial charge in [0.1, 0.15) is 18.2 Å². The lowest BCUT2D eigenvalue weighted by molar-refractivity contribution is 0.0752. The van der Waals surface area contributed by atoms with E-state index in [1.165, 1.54) is 0 Å². The molecule has 0 spiro atoms. The fourth-order valence-corrected chi connectivity index (χ4v) is 3.52. The van der Waals surface area contributed by atoms with Crippen LogP contribution in [0.4, 0.5) is 5.82 Å². The summed E-state index contributed by atoms with van der Waals surface area (Å²) in [5.74, 6) is 1.88. The Morgan fingerprint density at radius 1 is 1.00 bits per heavy atom. The molecule has 1 fully saturated rings. The third-order valence-electron chi connectivity index (χ3n) is 4.83. The molecule has 4 nitrogen and oxygen atoms in total. The molecule has 1 aromatic heterocycles. The van der Waals surface area contributed by atoms with Crippen LogP contribution in [0, 0.1) is 0 Å². The molecule has 0 N–H and O–H groups in total. The molecular formula is C22H24N2O2. The molecule has 3 aromatic rings. The quantitative estimate of drug-likeness (QED) is 0.699. The largest absolute Gasteiger partial charge is 0.489 e. The van der Waals surface area contributed by atoms with E-state index in [0.717, 1.165) is 41.2 Å². The molecule has 0 radical (unpaired) electrons. The average molecular weight is 348 g/mol. The summed E-state index contributed by atoms with van der Waals surface area (Å²) < 4.78 is 11.6. The Morgan fingerprint density at radius 2 is 1.77 bits per heavy atom. The summed E-state index contributed by atoms with van der Waals surface area (Å²) in [6.45, 7) is 6.43. The smallest absolute Gasteiger partial charge is 0.129 e. The average Bonchev–Trinajstić information content (AvgIpc) is 2.67. The number of nitrogens with zero attached hydrogens (tertiary/aromatic N) is 2. The van der Waals surface area contributed by atoms with Gasteiger partial charge in [-0.3, -0.25) is 0 Å². The Bertz CT molecular complexity index is 872. The normalized spacial score (nSPS) is 20.3. The number of fused-ring (bicyclic) bond motifs is 1. The van der Waals surface area contributed by atoms with Crippen LogP contribution in [0.25, 0.3) is 10.9 Å². The van der Waals surface area contributed by atoms with Gasteiger partial charge in [0.05, 0.1) is 30.8 Å². The highest BCUT2D eigenvalue weighted by atomic mass is 16.5. The highest BCUT2D eigenvalue weighted by Gasteiger charge is 2.26. The van der Waals surface area contributed by atoms with Gasteiger partial charge in [-0.05, 0) is 49.7 Å². The first-order valence-corrected chi connectivity index (χ1v) is 9.14. The minimum absolute atomic E-state index is 0.331. The first-order valence-electron chi connectivity index (χ1n) is 9.14. The summed E-state index contributed by atoms with van der Waals surface area (Å²) in [7, 11) is 0. The first kappa shape index (κ1) is 16.9. The summed E-state index contributed by atoms with van der Waals surface area (Å²) in [5.41, 5.74) is 2.15. The van der Waals surface area contributed by atoms with Crippen molar-refractivity contribution in [1.82, 2.24) is 4.98 Å². The monoisotopic (exact) mass is 348 g/mol. The van der Waals surface area contributed by atoms with Crippen LogP contribution in [-0.2, 0) is 11.3 Å². The minimum Gasteiger partial charge on any atom is -0.489 e. The first-order chi connectivity index (χ1) is 12.7. The Kier molecular flexibility index (Phi) is 4.76. The van der Waals surface area contributed by atoms with Crippen molar-refractivity contribution in [3.8, 4) is 5.75 Å². The Labute approximate surface area is 154 Å². The highest BCUT2D eigenvalue weighted by molar-refractivity contribution is 5.82. The third kappa shape index (κ3) is 3.51. The zero-order valence-electron chi connectivity index (χ0n) is 15.3. The summed E-state index contributed by atoms with van der Waals surface area (Å²) in [6.07, 6.45) is 0. The molecule has 0 aliphatic carbocycles. The molecule has 0 bridgehead atoms. The molecule has 2 aromatic carbocycles. The number of rotatable bonds is 4. The molecule has 1 saturated heterocycles. The van der Waals surface area contributed by atoms with Crippen molar-refractivity contribution in [1.29, 1.82) is 0 Å². The van der Waals surface area contributed by atoms with E-state index in [1.54, 1.807) is 0 Å². The SMILES string of the molecule is CC1COCC(C)N1c1ccc2cc(OCc3ccccc3)ccc2n1. The van der Waals surface area contributed by atoms with Crippen LogP contribution in [0.3, 0.4) is 0 Å². The van der Waals surface area contributed by atoms with Crippen molar-refractivity contribution < 1.29 is 9.47 Å². The van der Waals surface area contributed by atoms with E-state index in [-0.39, 0.29) is 0 Å². The molecule has 26 heavy (non-hydrogen) atoms. The summed E-state index contributed by atoms with van der Waals surface area (Å²) in [6, 6.07) is 21.2. The molecule has 2 unspecified atom stereocenters. The van der Waals surface area contributed by atoms with E-state index < -0.39 is 0 Å². The second-order valence-electron chi connectivity index (χ2n) is 6.94. The van der Waals surface area contributed by atoms with E-state index in [0.29, 0.717) is 18.7 Å². The number of morpholine rings is 1. The lowest BCUT2D eigenvalue weighted by atomic mass is 10.1. The maximum absolute atomic E-state index is 5.93. The highest BCUT2D eigenvalue weighted by Crippen LogP contribution is 2.26. The lowest BCUT2D eigenvalue weighted by Gasteiger charge is -2.39. The van der Waals surface area contributed by atoms with E-state index in [1.807, 2.05) is 30.3 Å². The molecule has 2 heterocycles. The Hall–Kier alpha value is -2.59. The van der Waals surface area contributed by atoms with Crippen LogP contribution in [0.1, 0.15) is 19.4 Å².